The minimum atomic E-state index is -1.18. The highest BCUT2D eigenvalue weighted by Crippen LogP contribution is 2.39. The highest BCUT2D eigenvalue weighted by Gasteiger charge is 2.31. The number of ether oxygens (including phenoxy) is 1. The standard InChI is InChI=1S/C24H26ClNO5/c1-5-31-24(30)20-14(4)26(12-13(2)3)19-8-6-7-16(22(19)20)21(23(28)29)17-11-15(27)9-10-18(17)25/h6-11,13,21,27H,5,12H2,1-4H3,(H,28,29). The Balaban J connectivity index is 2.40. The van der Waals surface area contributed by atoms with Crippen molar-refractivity contribution < 1.29 is 24.5 Å². The molecule has 3 rings (SSSR count). The summed E-state index contributed by atoms with van der Waals surface area (Å²) in [5.41, 5.74) is 2.52. The molecule has 1 unspecified atom stereocenters. The lowest BCUT2D eigenvalue weighted by Crippen LogP contribution is -2.15. The molecular formula is C24H26ClNO5. The fraction of sp³-hybridized carbons (Fsp3) is 0.333. The van der Waals surface area contributed by atoms with E-state index in [1.807, 2.05) is 17.6 Å². The molecule has 1 atom stereocenters. The predicted octanol–water partition coefficient (Wildman–Crippen LogP) is 5.36. The summed E-state index contributed by atoms with van der Waals surface area (Å²) in [5.74, 6) is -2.58. The van der Waals surface area contributed by atoms with Gasteiger partial charge in [-0.3, -0.25) is 4.79 Å². The molecule has 0 aliphatic heterocycles. The van der Waals surface area contributed by atoms with Crippen LogP contribution in [0.3, 0.4) is 0 Å². The third-order valence-electron chi connectivity index (χ3n) is 5.26. The van der Waals surface area contributed by atoms with Crippen molar-refractivity contribution in [3.8, 4) is 5.75 Å². The number of phenolic OH excluding ortho intramolecular Hbond substituents is 1. The van der Waals surface area contributed by atoms with Crippen LogP contribution < -0.4 is 0 Å². The topological polar surface area (TPSA) is 88.8 Å². The molecule has 0 amide bonds. The molecule has 1 aromatic heterocycles. The predicted molar refractivity (Wildman–Crippen MR) is 120 cm³/mol. The zero-order chi connectivity index (χ0) is 22.9. The van der Waals surface area contributed by atoms with Crippen molar-refractivity contribution in [2.75, 3.05) is 6.61 Å². The first-order valence-corrected chi connectivity index (χ1v) is 10.5. The Hall–Kier alpha value is -2.99. The van der Waals surface area contributed by atoms with Gasteiger partial charge in [-0.15, -0.1) is 0 Å². The van der Waals surface area contributed by atoms with Gasteiger partial charge in [0.25, 0.3) is 0 Å². The number of aromatic nitrogens is 1. The van der Waals surface area contributed by atoms with Gasteiger partial charge < -0.3 is 19.5 Å². The number of nitrogens with zero attached hydrogens (tertiary/aromatic N) is 1. The van der Waals surface area contributed by atoms with Crippen LogP contribution in [-0.4, -0.2) is 33.3 Å². The summed E-state index contributed by atoms with van der Waals surface area (Å²) in [6.07, 6.45) is 0. The molecule has 6 nitrogen and oxygen atoms in total. The number of carbonyl (C=O) groups is 2. The maximum Gasteiger partial charge on any atom is 0.340 e. The highest BCUT2D eigenvalue weighted by molar-refractivity contribution is 6.31. The quantitative estimate of drug-likeness (QED) is 0.480. The van der Waals surface area contributed by atoms with Gasteiger partial charge in [0, 0.05) is 28.2 Å². The number of benzene rings is 2. The monoisotopic (exact) mass is 443 g/mol. The summed E-state index contributed by atoms with van der Waals surface area (Å²) in [4.78, 5) is 25.4. The molecular weight excluding hydrogens is 418 g/mol. The van der Waals surface area contributed by atoms with Crippen molar-refractivity contribution in [3.05, 3.63) is 63.8 Å². The van der Waals surface area contributed by atoms with Crippen LogP contribution in [0.25, 0.3) is 10.9 Å². The first-order valence-electron chi connectivity index (χ1n) is 10.2. The SMILES string of the molecule is CCOC(=O)c1c(C)n(CC(C)C)c2cccc(C(C(=O)O)c3cc(O)ccc3Cl)c12. The van der Waals surface area contributed by atoms with Crippen LogP contribution in [0.4, 0.5) is 0 Å². The number of hydrogen-bond acceptors (Lipinski definition) is 4. The van der Waals surface area contributed by atoms with Crippen LogP contribution in [0, 0.1) is 12.8 Å². The van der Waals surface area contributed by atoms with Crippen LogP contribution >= 0.6 is 11.6 Å². The average Bonchev–Trinajstić information content (AvgIpc) is 2.97. The van der Waals surface area contributed by atoms with Crippen molar-refractivity contribution in [2.45, 2.75) is 40.2 Å². The lowest BCUT2D eigenvalue weighted by Gasteiger charge is -2.17. The van der Waals surface area contributed by atoms with E-state index in [-0.39, 0.29) is 22.9 Å². The van der Waals surface area contributed by atoms with Gasteiger partial charge in [-0.2, -0.15) is 0 Å². The molecule has 0 saturated heterocycles. The van der Waals surface area contributed by atoms with Crippen LogP contribution in [0.5, 0.6) is 5.75 Å². The Bertz CT molecular complexity index is 1150. The number of carbonyl (C=O) groups excluding carboxylic acids is 1. The molecule has 0 aliphatic rings. The van der Waals surface area contributed by atoms with Crippen molar-refractivity contribution in [2.24, 2.45) is 5.92 Å². The Kier molecular flexibility index (Phi) is 6.60. The third kappa shape index (κ3) is 4.26. The van der Waals surface area contributed by atoms with Gasteiger partial charge >= 0.3 is 11.9 Å². The van der Waals surface area contributed by atoms with Crippen LogP contribution in [0.2, 0.25) is 5.02 Å². The van der Waals surface area contributed by atoms with Gasteiger partial charge in [0.05, 0.1) is 12.2 Å². The fourth-order valence-electron chi connectivity index (χ4n) is 4.03. The second-order valence-electron chi connectivity index (χ2n) is 7.90. The Morgan fingerprint density at radius 3 is 2.48 bits per heavy atom. The van der Waals surface area contributed by atoms with Gasteiger partial charge in [0.1, 0.15) is 11.7 Å². The second-order valence-corrected chi connectivity index (χ2v) is 8.31. The van der Waals surface area contributed by atoms with E-state index in [9.17, 15) is 19.8 Å². The van der Waals surface area contributed by atoms with Gasteiger partial charge in [0.2, 0.25) is 0 Å². The summed E-state index contributed by atoms with van der Waals surface area (Å²) >= 11 is 6.32. The number of esters is 1. The molecule has 7 heteroatoms. The lowest BCUT2D eigenvalue weighted by molar-refractivity contribution is -0.137. The number of aromatic hydroxyl groups is 1. The zero-order valence-corrected chi connectivity index (χ0v) is 18.7. The third-order valence-corrected chi connectivity index (χ3v) is 5.60. The Morgan fingerprint density at radius 1 is 1.16 bits per heavy atom. The highest BCUT2D eigenvalue weighted by atomic mass is 35.5. The number of rotatable bonds is 7. The molecule has 1 heterocycles. The Labute approximate surface area is 186 Å². The molecule has 2 N–H and O–H groups in total. The molecule has 164 valence electrons. The lowest BCUT2D eigenvalue weighted by atomic mass is 9.87. The molecule has 0 radical (unpaired) electrons. The molecule has 0 aliphatic carbocycles. The van der Waals surface area contributed by atoms with E-state index in [0.717, 1.165) is 11.2 Å². The number of carboxylic acids is 1. The Morgan fingerprint density at radius 2 is 1.87 bits per heavy atom. The molecule has 0 fully saturated rings. The first-order chi connectivity index (χ1) is 14.7. The van der Waals surface area contributed by atoms with Crippen molar-refractivity contribution in [3.63, 3.8) is 0 Å². The van der Waals surface area contributed by atoms with Crippen LogP contribution in [0.1, 0.15) is 53.9 Å². The first kappa shape index (κ1) is 22.7. The van der Waals surface area contributed by atoms with Gasteiger partial charge in [-0.05, 0) is 55.2 Å². The van der Waals surface area contributed by atoms with Crippen molar-refractivity contribution in [1.82, 2.24) is 4.57 Å². The molecule has 2 aromatic carbocycles. The number of phenols is 1. The van der Waals surface area contributed by atoms with Crippen LogP contribution in [0.15, 0.2) is 36.4 Å². The second kappa shape index (κ2) is 9.02. The van der Waals surface area contributed by atoms with E-state index in [4.69, 9.17) is 16.3 Å². The summed E-state index contributed by atoms with van der Waals surface area (Å²) < 4.78 is 7.34. The molecule has 0 saturated carbocycles. The van der Waals surface area contributed by atoms with Gasteiger partial charge in [-0.25, -0.2) is 4.79 Å². The summed E-state index contributed by atoms with van der Waals surface area (Å²) in [6.45, 7) is 8.59. The van der Waals surface area contributed by atoms with Crippen molar-refractivity contribution >= 4 is 34.4 Å². The van der Waals surface area contributed by atoms with E-state index in [2.05, 4.69) is 13.8 Å². The van der Waals surface area contributed by atoms with E-state index in [1.54, 1.807) is 19.1 Å². The van der Waals surface area contributed by atoms with E-state index in [0.29, 0.717) is 29.0 Å². The number of aliphatic carboxylic acids is 1. The van der Waals surface area contributed by atoms with Gasteiger partial charge in [-0.1, -0.05) is 37.6 Å². The fourth-order valence-corrected chi connectivity index (χ4v) is 4.26. The summed E-state index contributed by atoms with van der Waals surface area (Å²) in [6, 6.07) is 9.54. The van der Waals surface area contributed by atoms with Crippen molar-refractivity contribution in [1.29, 1.82) is 0 Å². The molecule has 0 spiro atoms. The van der Waals surface area contributed by atoms with E-state index >= 15 is 0 Å². The smallest absolute Gasteiger partial charge is 0.340 e. The van der Waals surface area contributed by atoms with Gasteiger partial charge in [0.15, 0.2) is 0 Å². The largest absolute Gasteiger partial charge is 0.508 e. The number of hydrogen-bond donors (Lipinski definition) is 2. The normalized spacial score (nSPS) is 12.3. The van der Waals surface area contributed by atoms with E-state index in [1.165, 1.54) is 18.2 Å². The summed E-state index contributed by atoms with van der Waals surface area (Å²) in [7, 11) is 0. The molecule has 3 aromatic rings. The maximum absolute atomic E-state index is 12.9. The number of fused-ring (bicyclic) bond motifs is 1. The molecule has 0 bridgehead atoms. The minimum Gasteiger partial charge on any atom is -0.508 e. The maximum atomic E-state index is 12.9. The number of halogens is 1. The van der Waals surface area contributed by atoms with E-state index < -0.39 is 17.9 Å². The van der Waals surface area contributed by atoms with Crippen LogP contribution in [-0.2, 0) is 16.1 Å². The average molecular weight is 444 g/mol. The minimum absolute atomic E-state index is 0.0861. The zero-order valence-electron chi connectivity index (χ0n) is 18.0. The molecule has 31 heavy (non-hydrogen) atoms. The summed E-state index contributed by atoms with van der Waals surface area (Å²) in [5, 5.41) is 20.9. The number of carboxylic acid groups (broad SMARTS) is 1.